The predicted octanol–water partition coefficient (Wildman–Crippen LogP) is 3.22. The molecule has 1 atom stereocenters. The smallest absolute Gasteiger partial charge is 0.327 e. The van der Waals surface area contributed by atoms with Crippen LogP contribution in [-0.2, 0) is 11.4 Å². The summed E-state index contributed by atoms with van der Waals surface area (Å²) in [5.74, 6) is 0.745. The van der Waals surface area contributed by atoms with Crippen molar-refractivity contribution in [3.05, 3.63) is 97.3 Å². The number of H-pyrrole nitrogens is 2. The molecule has 3 aromatic rings. The Kier molecular flexibility index (Phi) is 5.34. The summed E-state index contributed by atoms with van der Waals surface area (Å²) in [4.78, 5) is 42.6. The Hall–Kier alpha value is -4.07. The minimum Gasteiger partial charge on any atom is -0.493 e. The van der Waals surface area contributed by atoms with Crippen LogP contribution >= 0.6 is 0 Å². The van der Waals surface area contributed by atoms with E-state index in [1.54, 1.807) is 19.2 Å². The number of methoxy groups -OCH3 is 1. The SMILES string of the molecule is COc1cc([C@@H]2C3=C(CCCC3=O)Nc3[nH]c(=O)[nH]c(=O)c32)ccc1OCc1ccccc1. The molecular formula is C25H23N3O5. The maximum absolute atomic E-state index is 12.9. The van der Waals surface area contributed by atoms with Crippen LogP contribution in [0.25, 0.3) is 0 Å². The Morgan fingerprint density at radius 1 is 0.970 bits per heavy atom. The Morgan fingerprint density at radius 3 is 2.58 bits per heavy atom. The third-order valence-electron chi connectivity index (χ3n) is 6.05. The zero-order valence-electron chi connectivity index (χ0n) is 18.1. The van der Waals surface area contributed by atoms with Gasteiger partial charge in [-0.25, -0.2) is 4.79 Å². The molecule has 0 radical (unpaired) electrons. The average molecular weight is 445 g/mol. The van der Waals surface area contributed by atoms with Gasteiger partial charge in [0.1, 0.15) is 12.4 Å². The van der Waals surface area contributed by atoms with Crippen molar-refractivity contribution in [3.63, 3.8) is 0 Å². The summed E-state index contributed by atoms with van der Waals surface area (Å²) < 4.78 is 11.5. The van der Waals surface area contributed by atoms with E-state index in [0.717, 1.165) is 17.7 Å². The fourth-order valence-electron chi connectivity index (χ4n) is 4.55. The number of aromatic amines is 2. The molecule has 0 fully saturated rings. The van der Waals surface area contributed by atoms with E-state index >= 15 is 0 Å². The van der Waals surface area contributed by atoms with E-state index in [4.69, 9.17) is 9.47 Å². The number of aromatic nitrogens is 2. The molecule has 8 heteroatoms. The van der Waals surface area contributed by atoms with Gasteiger partial charge < -0.3 is 14.8 Å². The minimum atomic E-state index is -0.623. The normalized spacial score (nSPS) is 17.1. The minimum absolute atomic E-state index is 0.00614. The largest absolute Gasteiger partial charge is 0.493 e. The van der Waals surface area contributed by atoms with Crippen LogP contribution in [0.3, 0.4) is 0 Å². The topological polar surface area (TPSA) is 113 Å². The van der Waals surface area contributed by atoms with Gasteiger partial charge in [-0.05, 0) is 36.1 Å². The highest BCUT2D eigenvalue weighted by Gasteiger charge is 2.37. The number of fused-ring (bicyclic) bond motifs is 1. The molecule has 0 saturated carbocycles. The van der Waals surface area contributed by atoms with Gasteiger partial charge in [-0.3, -0.25) is 19.6 Å². The number of ketones is 1. The number of allylic oxidation sites excluding steroid dienone is 2. The van der Waals surface area contributed by atoms with Crippen molar-refractivity contribution in [1.82, 2.24) is 9.97 Å². The molecule has 1 aromatic heterocycles. The second-order valence-corrected chi connectivity index (χ2v) is 8.11. The molecule has 0 amide bonds. The van der Waals surface area contributed by atoms with Crippen molar-refractivity contribution in [3.8, 4) is 11.5 Å². The monoisotopic (exact) mass is 445 g/mol. The van der Waals surface area contributed by atoms with Crippen LogP contribution in [-0.4, -0.2) is 22.9 Å². The Bertz CT molecular complexity index is 1370. The van der Waals surface area contributed by atoms with Gasteiger partial charge in [0, 0.05) is 23.6 Å². The van der Waals surface area contributed by atoms with Crippen molar-refractivity contribution in [2.45, 2.75) is 31.8 Å². The Labute approximate surface area is 189 Å². The molecular weight excluding hydrogens is 422 g/mol. The van der Waals surface area contributed by atoms with Crippen LogP contribution in [0.15, 0.2) is 69.4 Å². The second kappa shape index (κ2) is 8.46. The van der Waals surface area contributed by atoms with Gasteiger partial charge >= 0.3 is 5.69 Å². The molecule has 2 heterocycles. The number of carbonyl (C=O) groups is 1. The van der Waals surface area contributed by atoms with Crippen molar-refractivity contribution < 1.29 is 14.3 Å². The summed E-state index contributed by atoms with van der Waals surface area (Å²) >= 11 is 0. The number of hydrogen-bond acceptors (Lipinski definition) is 6. The molecule has 8 nitrogen and oxygen atoms in total. The number of anilines is 1. The number of ether oxygens (including phenoxy) is 2. The number of rotatable bonds is 5. The maximum atomic E-state index is 12.9. The molecule has 0 bridgehead atoms. The van der Waals surface area contributed by atoms with Crippen LogP contribution in [0.1, 0.15) is 41.9 Å². The summed E-state index contributed by atoms with van der Waals surface area (Å²) in [6.07, 6.45) is 1.81. The zero-order valence-corrected chi connectivity index (χ0v) is 18.1. The van der Waals surface area contributed by atoms with Gasteiger partial charge in [-0.2, -0.15) is 0 Å². The number of benzene rings is 2. The van der Waals surface area contributed by atoms with Crippen LogP contribution < -0.4 is 26.0 Å². The van der Waals surface area contributed by atoms with Crippen LogP contribution in [0.5, 0.6) is 11.5 Å². The second-order valence-electron chi connectivity index (χ2n) is 8.11. The lowest BCUT2D eigenvalue weighted by atomic mass is 9.76. The Morgan fingerprint density at radius 2 is 1.79 bits per heavy atom. The van der Waals surface area contributed by atoms with Crippen molar-refractivity contribution in [2.24, 2.45) is 0 Å². The number of hydrogen-bond donors (Lipinski definition) is 3. The lowest BCUT2D eigenvalue weighted by Crippen LogP contribution is -2.36. The summed E-state index contributed by atoms with van der Waals surface area (Å²) in [7, 11) is 1.55. The third kappa shape index (κ3) is 3.84. The molecule has 2 aromatic carbocycles. The van der Waals surface area contributed by atoms with Crippen molar-refractivity contribution >= 4 is 11.6 Å². The zero-order chi connectivity index (χ0) is 22.9. The highest BCUT2D eigenvalue weighted by Crippen LogP contribution is 2.44. The summed E-state index contributed by atoms with van der Waals surface area (Å²) in [5, 5.41) is 3.12. The first-order valence-electron chi connectivity index (χ1n) is 10.8. The fraction of sp³-hybridized carbons (Fsp3) is 0.240. The number of Topliss-reactive ketones (excluding diaryl/α,β-unsaturated/α-hetero) is 1. The quantitative estimate of drug-likeness (QED) is 0.556. The van der Waals surface area contributed by atoms with E-state index in [0.29, 0.717) is 53.5 Å². The van der Waals surface area contributed by atoms with Crippen LogP contribution in [0.4, 0.5) is 5.82 Å². The molecule has 0 unspecified atom stereocenters. The van der Waals surface area contributed by atoms with Crippen molar-refractivity contribution in [2.75, 3.05) is 12.4 Å². The van der Waals surface area contributed by atoms with E-state index in [1.807, 2.05) is 36.4 Å². The van der Waals surface area contributed by atoms with Gasteiger partial charge in [-0.1, -0.05) is 36.4 Å². The summed E-state index contributed by atoms with van der Waals surface area (Å²) in [6, 6.07) is 15.2. The first-order chi connectivity index (χ1) is 16.0. The van der Waals surface area contributed by atoms with E-state index in [-0.39, 0.29) is 5.78 Å². The van der Waals surface area contributed by atoms with Gasteiger partial charge in [0.15, 0.2) is 17.3 Å². The molecule has 3 N–H and O–H groups in total. The molecule has 5 rings (SSSR count). The highest BCUT2D eigenvalue weighted by molar-refractivity contribution is 6.00. The average Bonchev–Trinajstić information content (AvgIpc) is 2.82. The maximum Gasteiger partial charge on any atom is 0.327 e. The van der Waals surface area contributed by atoms with Gasteiger partial charge in [-0.15, -0.1) is 0 Å². The number of nitrogens with one attached hydrogen (secondary N) is 3. The first kappa shape index (κ1) is 20.8. The first-order valence-corrected chi connectivity index (χ1v) is 10.8. The standard InChI is InChI=1S/C25H23N3O5/c1-32-19-12-15(10-11-18(19)33-13-14-6-3-2-4-7-14)20-21-16(8-5-9-17(21)29)26-23-22(20)24(30)28-25(31)27-23/h2-4,6-7,10-12,20H,5,8-9,13H2,1H3,(H3,26,27,28,30,31)/t20-/m1/s1. The van der Waals surface area contributed by atoms with Gasteiger partial charge in [0.05, 0.1) is 12.7 Å². The summed E-state index contributed by atoms with van der Waals surface area (Å²) in [6.45, 7) is 0.376. The third-order valence-corrected chi connectivity index (χ3v) is 6.05. The number of carbonyl (C=O) groups excluding carboxylic acids is 1. The highest BCUT2D eigenvalue weighted by atomic mass is 16.5. The van der Waals surface area contributed by atoms with Gasteiger partial charge in [0.2, 0.25) is 0 Å². The molecule has 168 valence electrons. The predicted molar refractivity (Wildman–Crippen MR) is 123 cm³/mol. The molecule has 1 aliphatic carbocycles. The van der Waals surface area contributed by atoms with Crippen molar-refractivity contribution in [1.29, 1.82) is 0 Å². The fourth-order valence-corrected chi connectivity index (χ4v) is 4.55. The molecule has 1 aliphatic heterocycles. The summed E-state index contributed by atoms with van der Waals surface area (Å²) in [5.41, 5.74) is 2.22. The lowest BCUT2D eigenvalue weighted by molar-refractivity contribution is -0.116. The molecule has 0 spiro atoms. The van der Waals surface area contributed by atoms with E-state index in [9.17, 15) is 14.4 Å². The van der Waals surface area contributed by atoms with E-state index < -0.39 is 17.2 Å². The van der Waals surface area contributed by atoms with Gasteiger partial charge in [0.25, 0.3) is 5.56 Å². The lowest BCUT2D eigenvalue weighted by Gasteiger charge is -2.33. The van der Waals surface area contributed by atoms with Crippen LogP contribution in [0.2, 0.25) is 0 Å². The molecule has 33 heavy (non-hydrogen) atoms. The van der Waals surface area contributed by atoms with E-state index in [1.165, 1.54) is 0 Å². The molecule has 0 saturated heterocycles. The molecule has 2 aliphatic rings. The van der Waals surface area contributed by atoms with E-state index in [2.05, 4.69) is 15.3 Å². The Balaban J connectivity index is 1.58. The van der Waals surface area contributed by atoms with Crippen LogP contribution in [0, 0.1) is 0 Å².